The molecule has 0 radical (unpaired) electrons. The van der Waals surface area contributed by atoms with Gasteiger partial charge in [-0.05, 0) is 49.9 Å². The fraction of sp³-hybridized carbons (Fsp3) is 0.345. The quantitative estimate of drug-likeness (QED) is 0.369. The number of amides is 3. The van der Waals surface area contributed by atoms with Gasteiger partial charge in [0.25, 0.3) is 5.91 Å². The third-order valence-electron chi connectivity index (χ3n) is 7.16. The van der Waals surface area contributed by atoms with Crippen LogP contribution in [-0.4, -0.2) is 69.9 Å². The molecule has 4 rings (SSSR count). The Morgan fingerprint density at radius 1 is 1.02 bits per heavy atom. The molecule has 0 fully saturated rings. The van der Waals surface area contributed by atoms with Crippen LogP contribution in [0.1, 0.15) is 19.4 Å². The van der Waals surface area contributed by atoms with Gasteiger partial charge in [0.15, 0.2) is 9.84 Å². The summed E-state index contributed by atoms with van der Waals surface area (Å²) in [5.74, 6) is -2.92. The summed E-state index contributed by atoms with van der Waals surface area (Å²) in [5.41, 5.74) is 0.737. The number of para-hydroxylation sites is 2. The van der Waals surface area contributed by atoms with Crippen LogP contribution >= 0.6 is 12.4 Å². The highest BCUT2D eigenvalue weighted by Crippen LogP contribution is 2.39. The maximum atomic E-state index is 14.3. The molecular weight excluding hydrogens is 606 g/mol. The molecule has 3 atom stereocenters. The summed E-state index contributed by atoms with van der Waals surface area (Å²) < 4.78 is 56.0. The molecule has 3 aromatic rings. The minimum absolute atomic E-state index is 0. The number of alkyl halides is 2. The highest BCUT2D eigenvalue weighted by Gasteiger charge is 2.43. The average Bonchev–Trinajstić information content (AvgIpc) is 3.01. The summed E-state index contributed by atoms with van der Waals surface area (Å²) in [6, 6.07) is 13.4. The molecule has 0 aromatic heterocycles. The van der Waals surface area contributed by atoms with E-state index >= 15 is 0 Å². The molecule has 10 nitrogen and oxygen atoms in total. The summed E-state index contributed by atoms with van der Waals surface area (Å²) in [7, 11) is -2.19. The first-order valence-electron chi connectivity index (χ1n) is 13.2. The second kappa shape index (κ2) is 13.7. The van der Waals surface area contributed by atoms with Gasteiger partial charge in [0.05, 0.1) is 30.0 Å². The van der Waals surface area contributed by atoms with Gasteiger partial charge in [0.1, 0.15) is 17.5 Å². The van der Waals surface area contributed by atoms with Crippen molar-refractivity contribution in [2.75, 3.05) is 28.9 Å². The smallest absolute Gasteiger partial charge is 0.387 e. The van der Waals surface area contributed by atoms with Crippen molar-refractivity contribution in [3.63, 3.8) is 0 Å². The third-order valence-corrected chi connectivity index (χ3v) is 7.93. The van der Waals surface area contributed by atoms with Crippen molar-refractivity contribution in [3.8, 4) is 5.75 Å². The molecule has 3 aromatic carbocycles. The van der Waals surface area contributed by atoms with Gasteiger partial charge in [0, 0.05) is 11.8 Å². The van der Waals surface area contributed by atoms with Gasteiger partial charge >= 0.3 is 6.61 Å². The Kier molecular flexibility index (Phi) is 10.7. The minimum Gasteiger partial charge on any atom is -0.434 e. The second-order valence-corrected chi connectivity index (χ2v) is 12.3. The normalized spacial score (nSPS) is 17.6. The summed E-state index contributed by atoms with van der Waals surface area (Å²) in [6.45, 7) is -0.258. The van der Waals surface area contributed by atoms with E-state index < -0.39 is 58.0 Å². The zero-order chi connectivity index (χ0) is 30.8. The van der Waals surface area contributed by atoms with Crippen molar-refractivity contribution >= 4 is 62.1 Å². The maximum absolute atomic E-state index is 14.3. The van der Waals surface area contributed by atoms with Crippen molar-refractivity contribution < 1.29 is 36.3 Å². The van der Waals surface area contributed by atoms with Crippen LogP contribution in [0.2, 0.25) is 0 Å². The van der Waals surface area contributed by atoms with Gasteiger partial charge in [-0.25, -0.2) is 8.42 Å². The predicted molar refractivity (Wildman–Crippen MR) is 163 cm³/mol. The number of nitrogens with zero attached hydrogens (tertiary/aromatic N) is 2. The van der Waals surface area contributed by atoms with Crippen molar-refractivity contribution in [3.05, 3.63) is 66.2 Å². The third kappa shape index (κ3) is 7.40. The summed E-state index contributed by atoms with van der Waals surface area (Å²) in [6.07, 6.45) is 0.926. The van der Waals surface area contributed by atoms with Gasteiger partial charge < -0.3 is 25.2 Å². The number of hydrogen-bond acceptors (Lipinski definition) is 7. The predicted octanol–water partition coefficient (Wildman–Crippen LogP) is 3.27. The Labute approximate surface area is 254 Å². The molecule has 1 aliphatic heterocycles. The number of likely N-dealkylation sites (N-methyl/N-ethyl adjacent to an activating group) is 1. The number of carbonyl (C=O) groups excluding carboxylic acids is 3. The molecule has 14 heteroatoms. The van der Waals surface area contributed by atoms with Crippen LogP contribution in [0.3, 0.4) is 0 Å². The van der Waals surface area contributed by atoms with E-state index in [1.165, 1.54) is 22.8 Å². The van der Waals surface area contributed by atoms with Crippen LogP contribution in [-0.2, 0) is 30.8 Å². The van der Waals surface area contributed by atoms with Crippen molar-refractivity contribution in [1.82, 2.24) is 10.6 Å². The molecule has 0 bridgehead atoms. The van der Waals surface area contributed by atoms with Crippen molar-refractivity contribution in [2.24, 2.45) is 0 Å². The number of fused-ring (bicyclic) bond motifs is 2. The van der Waals surface area contributed by atoms with E-state index in [1.54, 1.807) is 68.6 Å². The van der Waals surface area contributed by atoms with Crippen molar-refractivity contribution in [2.45, 2.75) is 45.1 Å². The van der Waals surface area contributed by atoms with E-state index in [-0.39, 0.29) is 41.6 Å². The van der Waals surface area contributed by atoms with E-state index in [0.717, 1.165) is 11.6 Å². The number of halogens is 3. The number of sulfone groups is 1. The van der Waals surface area contributed by atoms with Gasteiger partial charge in [-0.3, -0.25) is 14.4 Å². The Morgan fingerprint density at radius 2 is 1.65 bits per heavy atom. The minimum atomic E-state index is -3.76. The topological polar surface area (TPSA) is 125 Å². The number of hydrogen-bond donors (Lipinski definition) is 2. The average molecular weight is 639 g/mol. The summed E-state index contributed by atoms with van der Waals surface area (Å²) in [5, 5.41) is 6.78. The molecule has 2 N–H and O–H groups in total. The lowest BCUT2D eigenvalue weighted by atomic mass is 10.0. The fourth-order valence-corrected chi connectivity index (χ4v) is 5.60. The van der Waals surface area contributed by atoms with Crippen LogP contribution in [0.4, 0.5) is 20.2 Å². The summed E-state index contributed by atoms with van der Waals surface area (Å²) >= 11 is 0. The van der Waals surface area contributed by atoms with Crippen LogP contribution in [0.5, 0.6) is 5.75 Å². The standard InChI is InChI=1S/C29H32F2N4O6S.ClH/c1-17(32-3)27(37)33-26-18(2)35(25(36)16-42(4,39)40)23-12-8-7-11-22(23)34(28(26)38)15-21-20-10-6-5-9-19(20)13-14-24(21)41-29(30)31;/h5-14,17-18,26,29,32H,15-16H2,1-4H3,(H,33,37);1H/t17-,18-,26-;/m0./s1. The monoisotopic (exact) mass is 638 g/mol. The van der Waals surface area contributed by atoms with E-state index in [2.05, 4.69) is 10.6 Å². The highest BCUT2D eigenvalue weighted by atomic mass is 35.5. The molecule has 1 heterocycles. The van der Waals surface area contributed by atoms with Gasteiger partial charge in [-0.15, -0.1) is 12.4 Å². The van der Waals surface area contributed by atoms with Crippen LogP contribution in [0, 0.1) is 0 Å². The highest BCUT2D eigenvalue weighted by molar-refractivity contribution is 7.91. The zero-order valence-electron chi connectivity index (χ0n) is 23.9. The first-order chi connectivity index (χ1) is 19.8. The number of benzene rings is 3. The van der Waals surface area contributed by atoms with Gasteiger partial charge in [-0.2, -0.15) is 8.78 Å². The van der Waals surface area contributed by atoms with E-state index in [0.29, 0.717) is 5.39 Å². The number of ether oxygens (including phenoxy) is 1. The Hall–Kier alpha value is -3.81. The van der Waals surface area contributed by atoms with Crippen LogP contribution < -0.4 is 25.2 Å². The zero-order valence-corrected chi connectivity index (χ0v) is 25.5. The van der Waals surface area contributed by atoms with Crippen LogP contribution in [0.15, 0.2) is 60.7 Å². The number of anilines is 2. The van der Waals surface area contributed by atoms with Crippen molar-refractivity contribution in [1.29, 1.82) is 0 Å². The maximum Gasteiger partial charge on any atom is 0.387 e. The first-order valence-corrected chi connectivity index (χ1v) is 15.2. The molecular formula is C29H33ClF2N4O6S. The van der Waals surface area contributed by atoms with Gasteiger partial charge in [-0.1, -0.05) is 42.5 Å². The number of rotatable bonds is 9. The SMILES string of the molecule is CN[C@@H](C)C(=O)N[C@@H]1C(=O)N(Cc2c(OC(F)F)ccc3ccccc23)c2ccccc2N(C(=O)CS(C)(=O)=O)[C@H]1C.Cl. The Bertz CT molecular complexity index is 1620. The lowest BCUT2D eigenvalue weighted by molar-refractivity contribution is -0.129. The van der Waals surface area contributed by atoms with Crippen LogP contribution in [0.25, 0.3) is 10.8 Å². The molecule has 3 amide bonds. The first kappa shape index (κ1) is 33.7. The second-order valence-electron chi connectivity index (χ2n) is 10.1. The lowest BCUT2D eigenvalue weighted by Gasteiger charge is -2.32. The Balaban J connectivity index is 0.00000506. The largest absolute Gasteiger partial charge is 0.434 e. The molecule has 1 aliphatic rings. The van der Waals surface area contributed by atoms with E-state index in [9.17, 15) is 31.6 Å². The van der Waals surface area contributed by atoms with E-state index in [4.69, 9.17) is 4.74 Å². The van der Waals surface area contributed by atoms with E-state index in [1.807, 2.05) is 0 Å². The Morgan fingerprint density at radius 3 is 2.28 bits per heavy atom. The summed E-state index contributed by atoms with van der Waals surface area (Å²) in [4.78, 5) is 43.3. The molecule has 0 saturated carbocycles. The molecule has 43 heavy (non-hydrogen) atoms. The molecule has 0 saturated heterocycles. The number of nitrogens with one attached hydrogen (secondary N) is 2. The lowest BCUT2D eigenvalue weighted by Crippen LogP contribution is -2.60. The molecule has 0 aliphatic carbocycles. The number of carbonyl (C=O) groups is 3. The van der Waals surface area contributed by atoms with Gasteiger partial charge in [0.2, 0.25) is 11.8 Å². The molecule has 232 valence electrons. The fourth-order valence-electron chi connectivity index (χ4n) is 5.01. The molecule has 0 unspecified atom stereocenters. The molecule has 0 spiro atoms.